The fraction of sp³-hybridized carbons (Fsp3) is 0.385. The van der Waals surface area contributed by atoms with Crippen LogP contribution in [0.2, 0.25) is 0 Å². The highest BCUT2D eigenvalue weighted by atomic mass is 32.2. The molecule has 100 valence electrons. The van der Waals surface area contributed by atoms with Gasteiger partial charge in [-0.15, -0.1) is 0 Å². The van der Waals surface area contributed by atoms with Crippen molar-refractivity contribution in [2.24, 2.45) is 0 Å². The molecule has 2 amide bonds. The van der Waals surface area contributed by atoms with E-state index in [-0.39, 0.29) is 11.8 Å². The molecular weight excluding hydrogens is 264 g/mol. The molecule has 19 heavy (non-hydrogen) atoms. The first kappa shape index (κ1) is 12.3. The summed E-state index contributed by atoms with van der Waals surface area (Å²) < 4.78 is 11.9. The van der Waals surface area contributed by atoms with E-state index < -0.39 is 16.8 Å². The SMILES string of the molecule is O=C1CCC(C(=O)N2CCS(=O)c3ccccc32)N1. The Labute approximate surface area is 113 Å². The van der Waals surface area contributed by atoms with Gasteiger partial charge < -0.3 is 10.2 Å². The number of para-hydroxylation sites is 1. The summed E-state index contributed by atoms with van der Waals surface area (Å²) in [5.74, 6) is 0.269. The van der Waals surface area contributed by atoms with Crippen molar-refractivity contribution < 1.29 is 13.8 Å². The van der Waals surface area contributed by atoms with Gasteiger partial charge in [-0.05, 0) is 18.6 Å². The van der Waals surface area contributed by atoms with Gasteiger partial charge >= 0.3 is 0 Å². The minimum atomic E-state index is -1.04. The highest BCUT2D eigenvalue weighted by Crippen LogP contribution is 2.29. The van der Waals surface area contributed by atoms with Crippen molar-refractivity contribution in [3.8, 4) is 0 Å². The zero-order valence-electron chi connectivity index (χ0n) is 10.3. The molecule has 6 heteroatoms. The van der Waals surface area contributed by atoms with E-state index in [0.717, 1.165) is 0 Å². The number of hydrogen-bond acceptors (Lipinski definition) is 3. The van der Waals surface area contributed by atoms with Gasteiger partial charge in [-0.25, -0.2) is 0 Å². The van der Waals surface area contributed by atoms with Crippen LogP contribution in [0.15, 0.2) is 29.2 Å². The van der Waals surface area contributed by atoms with Crippen LogP contribution in [0.4, 0.5) is 5.69 Å². The van der Waals surface area contributed by atoms with Crippen molar-refractivity contribution in [3.05, 3.63) is 24.3 Å². The van der Waals surface area contributed by atoms with E-state index in [9.17, 15) is 13.8 Å². The van der Waals surface area contributed by atoms with Crippen molar-refractivity contribution in [3.63, 3.8) is 0 Å². The van der Waals surface area contributed by atoms with Gasteiger partial charge in [0, 0.05) is 18.7 Å². The Morgan fingerprint density at radius 3 is 2.89 bits per heavy atom. The average Bonchev–Trinajstić information content (AvgIpc) is 2.86. The van der Waals surface area contributed by atoms with Crippen LogP contribution in [-0.2, 0) is 20.4 Å². The summed E-state index contributed by atoms with van der Waals surface area (Å²) in [5, 5.41) is 2.69. The van der Waals surface area contributed by atoms with Crippen molar-refractivity contribution in [2.45, 2.75) is 23.8 Å². The monoisotopic (exact) mass is 278 g/mol. The topological polar surface area (TPSA) is 66.5 Å². The molecule has 5 nitrogen and oxygen atoms in total. The molecule has 1 fully saturated rings. The maximum absolute atomic E-state index is 12.4. The number of hydrogen-bond donors (Lipinski definition) is 1. The number of fused-ring (bicyclic) bond motifs is 1. The third-order valence-electron chi connectivity index (χ3n) is 3.46. The molecule has 1 aromatic rings. The minimum Gasteiger partial charge on any atom is -0.344 e. The zero-order chi connectivity index (χ0) is 13.4. The van der Waals surface area contributed by atoms with E-state index in [1.54, 1.807) is 17.0 Å². The molecule has 1 saturated heterocycles. The number of anilines is 1. The number of nitrogens with zero attached hydrogens (tertiary/aromatic N) is 1. The van der Waals surface area contributed by atoms with E-state index in [4.69, 9.17) is 0 Å². The van der Waals surface area contributed by atoms with Crippen LogP contribution < -0.4 is 10.2 Å². The number of nitrogens with one attached hydrogen (secondary N) is 1. The summed E-state index contributed by atoms with van der Waals surface area (Å²) in [4.78, 5) is 26.0. The molecule has 3 rings (SSSR count). The van der Waals surface area contributed by atoms with Gasteiger partial charge in [0.2, 0.25) is 11.8 Å². The Hall–Kier alpha value is -1.69. The summed E-state index contributed by atoms with van der Waals surface area (Å²) in [7, 11) is -1.04. The van der Waals surface area contributed by atoms with Gasteiger partial charge in [-0.2, -0.15) is 0 Å². The fourth-order valence-corrected chi connectivity index (χ4v) is 3.70. The molecule has 2 aliphatic heterocycles. The molecule has 0 bridgehead atoms. The Morgan fingerprint density at radius 2 is 2.16 bits per heavy atom. The van der Waals surface area contributed by atoms with Crippen LogP contribution in [0, 0.1) is 0 Å². The van der Waals surface area contributed by atoms with Gasteiger partial charge in [0.05, 0.1) is 21.4 Å². The number of carbonyl (C=O) groups is 2. The predicted molar refractivity (Wildman–Crippen MR) is 71.2 cm³/mol. The molecule has 0 aromatic heterocycles. The Morgan fingerprint density at radius 1 is 1.37 bits per heavy atom. The van der Waals surface area contributed by atoms with Crippen molar-refractivity contribution in [1.82, 2.24) is 5.32 Å². The minimum absolute atomic E-state index is 0.0766. The lowest BCUT2D eigenvalue weighted by Crippen LogP contribution is -2.47. The van der Waals surface area contributed by atoms with E-state index in [2.05, 4.69) is 5.32 Å². The molecule has 2 unspecified atom stereocenters. The molecule has 2 aliphatic rings. The molecule has 1 aromatic carbocycles. The van der Waals surface area contributed by atoms with Gasteiger partial charge in [0.15, 0.2) is 0 Å². The lowest BCUT2D eigenvalue weighted by molar-refractivity contribution is -0.124. The third kappa shape index (κ3) is 2.16. The van der Waals surface area contributed by atoms with E-state index >= 15 is 0 Å². The van der Waals surface area contributed by atoms with Gasteiger partial charge in [0.1, 0.15) is 6.04 Å². The number of rotatable bonds is 1. The molecule has 0 saturated carbocycles. The maximum Gasteiger partial charge on any atom is 0.249 e. The second-order valence-electron chi connectivity index (χ2n) is 4.67. The lowest BCUT2D eigenvalue weighted by atomic mass is 10.2. The lowest BCUT2D eigenvalue weighted by Gasteiger charge is -2.30. The van der Waals surface area contributed by atoms with Crippen molar-refractivity contribution in [1.29, 1.82) is 0 Å². The van der Waals surface area contributed by atoms with E-state index in [1.165, 1.54) is 0 Å². The van der Waals surface area contributed by atoms with Crippen molar-refractivity contribution in [2.75, 3.05) is 17.2 Å². The standard InChI is InChI=1S/C13H14N2O3S/c16-12-6-5-9(14-12)13(17)15-7-8-19(18)11-4-2-1-3-10(11)15/h1-4,9H,5-8H2,(H,14,16). The number of benzene rings is 1. The first-order chi connectivity index (χ1) is 9.16. The summed E-state index contributed by atoms with van der Waals surface area (Å²) in [6.07, 6.45) is 0.942. The number of carbonyl (C=O) groups excluding carboxylic acids is 2. The highest BCUT2D eigenvalue weighted by Gasteiger charge is 2.34. The zero-order valence-corrected chi connectivity index (χ0v) is 11.1. The highest BCUT2D eigenvalue weighted by molar-refractivity contribution is 7.85. The summed E-state index contributed by atoms with van der Waals surface area (Å²) in [6.45, 7) is 0.439. The first-order valence-electron chi connectivity index (χ1n) is 6.25. The summed E-state index contributed by atoms with van der Waals surface area (Å²) in [5.41, 5.74) is 0.707. The molecule has 0 spiro atoms. The summed E-state index contributed by atoms with van der Waals surface area (Å²) in [6, 6.07) is 6.81. The van der Waals surface area contributed by atoms with Crippen LogP contribution in [0.25, 0.3) is 0 Å². The van der Waals surface area contributed by atoms with Crippen LogP contribution in [0.3, 0.4) is 0 Å². The fourth-order valence-electron chi connectivity index (χ4n) is 2.49. The van der Waals surface area contributed by atoms with Crippen LogP contribution in [0.5, 0.6) is 0 Å². The second-order valence-corrected chi connectivity index (χ2v) is 6.21. The maximum atomic E-state index is 12.4. The van der Waals surface area contributed by atoms with Crippen molar-refractivity contribution >= 4 is 28.3 Å². The first-order valence-corrected chi connectivity index (χ1v) is 7.57. The van der Waals surface area contributed by atoms with Gasteiger partial charge in [-0.3, -0.25) is 13.8 Å². The van der Waals surface area contributed by atoms with E-state index in [0.29, 0.717) is 35.7 Å². The Kier molecular flexibility index (Phi) is 3.10. The van der Waals surface area contributed by atoms with Gasteiger partial charge in [-0.1, -0.05) is 12.1 Å². The van der Waals surface area contributed by atoms with Crippen LogP contribution in [-0.4, -0.2) is 34.4 Å². The summed E-state index contributed by atoms with van der Waals surface area (Å²) >= 11 is 0. The Bertz CT molecular complexity index is 573. The molecule has 2 heterocycles. The largest absolute Gasteiger partial charge is 0.344 e. The predicted octanol–water partition coefficient (Wildman–Crippen LogP) is 0.419. The third-order valence-corrected chi connectivity index (χ3v) is 4.85. The average molecular weight is 278 g/mol. The molecule has 1 N–H and O–H groups in total. The smallest absolute Gasteiger partial charge is 0.249 e. The quantitative estimate of drug-likeness (QED) is 0.809. The molecular formula is C13H14N2O3S. The Balaban J connectivity index is 1.90. The number of amides is 2. The van der Waals surface area contributed by atoms with Crippen LogP contribution >= 0.6 is 0 Å². The molecule has 2 atom stereocenters. The molecule has 0 radical (unpaired) electrons. The van der Waals surface area contributed by atoms with E-state index in [1.807, 2.05) is 12.1 Å². The molecule has 0 aliphatic carbocycles. The second kappa shape index (κ2) is 4.77. The normalized spacial score (nSPS) is 25.9. The van der Waals surface area contributed by atoms with Gasteiger partial charge in [0.25, 0.3) is 0 Å². The van der Waals surface area contributed by atoms with Crippen LogP contribution in [0.1, 0.15) is 12.8 Å².